The highest BCUT2D eigenvalue weighted by molar-refractivity contribution is 5.98. The molecule has 0 bridgehead atoms. The minimum atomic E-state index is -0.487. The lowest BCUT2D eigenvalue weighted by molar-refractivity contribution is -0.111. The maximum absolute atomic E-state index is 10.9. The number of aliphatic hydroxyl groups excluding tert-OH is 1. The van der Waals surface area contributed by atoms with Crippen LogP contribution in [-0.4, -0.2) is 11.0 Å². The lowest BCUT2D eigenvalue weighted by Gasteiger charge is -2.06. The van der Waals surface area contributed by atoms with Crippen LogP contribution in [0.1, 0.15) is 18.6 Å². The summed E-state index contributed by atoms with van der Waals surface area (Å²) in [6, 6.07) is 7.01. The van der Waals surface area contributed by atoms with Crippen molar-refractivity contribution in [2.24, 2.45) is 0 Å². The number of rotatable bonds is 3. The molecule has 0 radical (unpaired) electrons. The van der Waals surface area contributed by atoms with Crippen LogP contribution in [0.5, 0.6) is 0 Å². The van der Waals surface area contributed by atoms with Gasteiger partial charge in [0.05, 0.1) is 6.10 Å². The molecule has 0 heterocycles. The topological polar surface area (TPSA) is 49.3 Å². The third-order valence-corrected chi connectivity index (χ3v) is 1.85. The van der Waals surface area contributed by atoms with Crippen molar-refractivity contribution < 1.29 is 9.90 Å². The van der Waals surface area contributed by atoms with Crippen molar-refractivity contribution in [1.82, 2.24) is 0 Å². The van der Waals surface area contributed by atoms with Crippen LogP contribution in [0.4, 0.5) is 5.69 Å². The van der Waals surface area contributed by atoms with Crippen molar-refractivity contribution in [3.05, 3.63) is 42.5 Å². The molecule has 74 valence electrons. The molecule has 0 fully saturated rings. The van der Waals surface area contributed by atoms with E-state index in [4.69, 9.17) is 0 Å². The van der Waals surface area contributed by atoms with Crippen molar-refractivity contribution >= 4 is 11.6 Å². The third-order valence-electron chi connectivity index (χ3n) is 1.85. The summed E-state index contributed by atoms with van der Waals surface area (Å²) in [5.74, 6) is -0.241. The van der Waals surface area contributed by atoms with Crippen LogP contribution >= 0.6 is 0 Å². The molecule has 0 aliphatic heterocycles. The van der Waals surface area contributed by atoms with Gasteiger partial charge in [0.25, 0.3) is 0 Å². The summed E-state index contributed by atoms with van der Waals surface area (Å²) in [4.78, 5) is 10.9. The Morgan fingerprint density at radius 2 is 2.07 bits per heavy atom. The molecule has 1 aromatic rings. The highest BCUT2D eigenvalue weighted by Gasteiger charge is 2.00. The van der Waals surface area contributed by atoms with E-state index in [-0.39, 0.29) is 5.91 Å². The lowest BCUT2D eigenvalue weighted by Crippen LogP contribution is -2.07. The fraction of sp³-hybridized carbons (Fsp3) is 0.182. The average molecular weight is 191 g/mol. The number of anilines is 1. The molecule has 2 N–H and O–H groups in total. The number of aliphatic hydroxyl groups is 1. The largest absolute Gasteiger partial charge is 0.389 e. The first-order valence-electron chi connectivity index (χ1n) is 4.35. The number of nitrogens with one attached hydrogen (secondary N) is 1. The van der Waals surface area contributed by atoms with Crippen LogP contribution in [0, 0.1) is 0 Å². The van der Waals surface area contributed by atoms with Gasteiger partial charge in [-0.3, -0.25) is 4.79 Å². The van der Waals surface area contributed by atoms with E-state index in [1.54, 1.807) is 31.2 Å². The first kappa shape index (κ1) is 10.5. The average Bonchev–Trinajstić information content (AvgIpc) is 2.18. The number of hydrogen-bond acceptors (Lipinski definition) is 2. The molecule has 1 amide bonds. The molecule has 0 spiro atoms. The van der Waals surface area contributed by atoms with Crippen LogP contribution in [-0.2, 0) is 4.79 Å². The maximum Gasteiger partial charge on any atom is 0.247 e. The molecule has 0 aromatic heterocycles. The Balaban J connectivity index is 2.73. The van der Waals surface area contributed by atoms with Crippen LogP contribution in [0.2, 0.25) is 0 Å². The van der Waals surface area contributed by atoms with Crippen LogP contribution in [0.25, 0.3) is 0 Å². The molecule has 3 nitrogen and oxygen atoms in total. The molecule has 0 aliphatic carbocycles. The van der Waals surface area contributed by atoms with Crippen LogP contribution in [0.3, 0.4) is 0 Å². The minimum Gasteiger partial charge on any atom is -0.389 e. The smallest absolute Gasteiger partial charge is 0.247 e. The van der Waals surface area contributed by atoms with Gasteiger partial charge in [-0.05, 0) is 30.7 Å². The van der Waals surface area contributed by atoms with E-state index < -0.39 is 6.10 Å². The van der Waals surface area contributed by atoms with Gasteiger partial charge in [0.15, 0.2) is 0 Å². The zero-order valence-corrected chi connectivity index (χ0v) is 8.03. The Morgan fingerprint density at radius 1 is 1.50 bits per heavy atom. The fourth-order valence-corrected chi connectivity index (χ4v) is 1.04. The molecule has 0 unspecified atom stereocenters. The molecule has 0 saturated heterocycles. The van der Waals surface area contributed by atoms with Crippen molar-refractivity contribution in [1.29, 1.82) is 0 Å². The minimum absolute atomic E-state index is 0.241. The highest BCUT2D eigenvalue weighted by atomic mass is 16.3. The van der Waals surface area contributed by atoms with Gasteiger partial charge in [-0.1, -0.05) is 18.7 Å². The predicted octanol–water partition coefficient (Wildman–Crippen LogP) is 1.86. The molecule has 0 saturated carbocycles. The Hall–Kier alpha value is -1.61. The zero-order chi connectivity index (χ0) is 10.6. The van der Waals surface area contributed by atoms with Gasteiger partial charge >= 0.3 is 0 Å². The number of hydrogen-bond donors (Lipinski definition) is 2. The van der Waals surface area contributed by atoms with E-state index in [0.29, 0.717) is 5.69 Å². The third kappa shape index (κ3) is 2.71. The second-order valence-electron chi connectivity index (χ2n) is 2.99. The summed E-state index contributed by atoms with van der Waals surface area (Å²) in [5, 5.41) is 11.9. The summed E-state index contributed by atoms with van der Waals surface area (Å²) >= 11 is 0. The summed E-state index contributed by atoms with van der Waals surface area (Å²) in [6.07, 6.45) is 0.724. The van der Waals surface area contributed by atoms with Crippen molar-refractivity contribution in [3.63, 3.8) is 0 Å². The van der Waals surface area contributed by atoms with Crippen molar-refractivity contribution in [2.75, 3.05) is 5.32 Å². The maximum atomic E-state index is 10.9. The van der Waals surface area contributed by atoms with Crippen LogP contribution in [0.15, 0.2) is 36.9 Å². The second kappa shape index (κ2) is 4.58. The molecule has 0 aliphatic rings. The SMILES string of the molecule is C=CC(=O)Nc1ccc([C@H](C)O)cc1. The van der Waals surface area contributed by atoms with Gasteiger partial charge in [-0.25, -0.2) is 0 Å². The highest BCUT2D eigenvalue weighted by Crippen LogP contribution is 2.15. The lowest BCUT2D eigenvalue weighted by atomic mass is 10.1. The van der Waals surface area contributed by atoms with Crippen LogP contribution < -0.4 is 5.32 Å². The number of carbonyl (C=O) groups excluding carboxylic acids is 1. The Labute approximate surface area is 83.1 Å². The van der Waals surface area contributed by atoms with Gasteiger partial charge in [-0.2, -0.15) is 0 Å². The molecule has 1 rings (SSSR count). The molecule has 1 aromatic carbocycles. The normalized spacial score (nSPS) is 11.9. The molecule has 1 atom stereocenters. The van der Waals surface area contributed by atoms with Gasteiger partial charge in [0.2, 0.25) is 5.91 Å². The molecular formula is C11H13NO2. The predicted molar refractivity (Wildman–Crippen MR) is 55.9 cm³/mol. The van der Waals surface area contributed by atoms with E-state index in [2.05, 4.69) is 11.9 Å². The Morgan fingerprint density at radius 3 is 2.50 bits per heavy atom. The van der Waals surface area contributed by atoms with E-state index in [1.807, 2.05) is 0 Å². The van der Waals surface area contributed by atoms with Gasteiger partial charge < -0.3 is 10.4 Å². The summed E-state index contributed by atoms with van der Waals surface area (Å²) in [6.45, 7) is 5.04. The van der Waals surface area contributed by atoms with Crippen molar-refractivity contribution in [3.8, 4) is 0 Å². The summed E-state index contributed by atoms with van der Waals surface area (Å²) < 4.78 is 0. The standard InChI is InChI=1S/C11H13NO2/c1-3-11(14)12-10-6-4-9(5-7-10)8(2)13/h3-8,13H,1H2,2H3,(H,12,14)/t8-/m0/s1. The van der Waals surface area contributed by atoms with Gasteiger partial charge in [0, 0.05) is 5.69 Å². The number of carbonyl (C=O) groups is 1. The van der Waals surface area contributed by atoms with Gasteiger partial charge in [-0.15, -0.1) is 0 Å². The number of amides is 1. The summed E-state index contributed by atoms with van der Waals surface area (Å²) in [5.41, 5.74) is 1.51. The molecule has 14 heavy (non-hydrogen) atoms. The van der Waals surface area contributed by atoms with E-state index >= 15 is 0 Å². The molecular weight excluding hydrogens is 178 g/mol. The first-order chi connectivity index (χ1) is 6.63. The second-order valence-corrected chi connectivity index (χ2v) is 2.99. The Bertz CT molecular complexity index is 328. The quantitative estimate of drug-likeness (QED) is 0.716. The van der Waals surface area contributed by atoms with Crippen molar-refractivity contribution in [2.45, 2.75) is 13.0 Å². The fourth-order valence-electron chi connectivity index (χ4n) is 1.04. The van der Waals surface area contributed by atoms with E-state index in [9.17, 15) is 9.90 Å². The monoisotopic (exact) mass is 191 g/mol. The zero-order valence-electron chi connectivity index (χ0n) is 8.03. The van der Waals surface area contributed by atoms with Gasteiger partial charge in [0.1, 0.15) is 0 Å². The molecule has 3 heteroatoms. The van der Waals surface area contributed by atoms with E-state index in [1.165, 1.54) is 6.08 Å². The number of benzene rings is 1. The Kier molecular flexibility index (Phi) is 3.42. The first-order valence-corrected chi connectivity index (χ1v) is 4.35. The van der Waals surface area contributed by atoms with E-state index in [0.717, 1.165) is 5.56 Å². The summed E-state index contributed by atoms with van der Waals surface area (Å²) in [7, 11) is 0.